The van der Waals surface area contributed by atoms with Crippen LogP contribution in [0.3, 0.4) is 0 Å². The molecule has 9 nitrogen and oxygen atoms in total. The number of carboxylic acids is 1. The molecule has 0 saturated heterocycles. The van der Waals surface area contributed by atoms with Gasteiger partial charge < -0.3 is 15.4 Å². The van der Waals surface area contributed by atoms with E-state index in [0.717, 1.165) is 35.6 Å². The lowest BCUT2D eigenvalue weighted by molar-refractivity contribution is -0.384. The van der Waals surface area contributed by atoms with E-state index in [9.17, 15) is 19.7 Å². The molecule has 4 rings (SSSR count). The summed E-state index contributed by atoms with van der Waals surface area (Å²) in [5, 5.41) is 23.6. The Kier molecular flexibility index (Phi) is 10.7. The number of hydrogen-bond acceptors (Lipinski definition) is 5. The van der Waals surface area contributed by atoms with Gasteiger partial charge in [0.1, 0.15) is 5.82 Å². The highest BCUT2D eigenvalue weighted by Gasteiger charge is 2.21. The zero-order valence-electron chi connectivity index (χ0n) is 24.0. The van der Waals surface area contributed by atoms with Gasteiger partial charge in [-0.05, 0) is 35.8 Å². The summed E-state index contributed by atoms with van der Waals surface area (Å²) < 4.78 is 0. The summed E-state index contributed by atoms with van der Waals surface area (Å²) in [7, 11) is 0. The Morgan fingerprint density at radius 1 is 0.884 bits per heavy atom. The predicted octanol–water partition coefficient (Wildman–Crippen LogP) is 7.52. The maximum Gasteiger partial charge on any atom is 0.328 e. The van der Waals surface area contributed by atoms with Crippen LogP contribution in [0.5, 0.6) is 0 Å². The zero-order valence-corrected chi connectivity index (χ0v) is 24.0. The molecule has 43 heavy (non-hydrogen) atoms. The number of unbranched alkanes of at least 4 members (excludes halogenated alkanes) is 4. The van der Waals surface area contributed by atoms with Gasteiger partial charge in [-0.15, -0.1) is 0 Å². The minimum atomic E-state index is -1.04. The van der Waals surface area contributed by atoms with E-state index in [1.807, 2.05) is 36.4 Å². The molecule has 0 aliphatic heterocycles. The number of carbonyl (C=O) groups is 2. The molecule has 1 aromatic heterocycles. The Labute approximate surface area is 250 Å². The fourth-order valence-electron chi connectivity index (χ4n) is 4.60. The molecule has 0 atom stereocenters. The Morgan fingerprint density at radius 3 is 2.16 bits per heavy atom. The molecule has 0 aliphatic carbocycles. The molecular formula is C34H34N4O5. The molecule has 0 aliphatic rings. The fourth-order valence-corrected chi connectivity index (χ4v) is 4.60. The Bertz CT molecular complexity index is 1620. The highest BCUT2D eigenvalue weighted by molar-refractivity contribution is 5.92. The number of imidazole rings is 1. The number of nitro groups is 1. The van der Waals surface area contributed by atoms with Crippen molar-refractivity contribution in [3.63, 3.8) is 0 Å². The first kappa shape index (κ1) is 30.6. The van der Waals surface area contributed by atoms with Crippen molar-refractivity contribution >= 4 is 29.7 Å². The van der Waals surface area contributed by atoms with Crippen molar-refractivity contribution in [3.05, 3.63) is 106 Å². The lowest BCUT2D eigenvalue weighted by Crippen LogP contribution is -2.21. The Hall–Kier alpha value is -5.31. The van der Waals surface area contributed by atoms with Crippen LogP contribution in [0.25, 0.3) is 46.1 Å². The molecule has 1 amide bonds. The van der Waals surface area contributed by atoms with E-state index in [4.69, 9.17) is 10.1 Å². The second-order valence-electron chi connectivity index (χ2n) is 10.0. The van der Waals surface area contributed by atoms with Crippen LogP contribution in [0, 0.1) is 10.1 Å². The van der Waals surface area contributed by atoms with Gasteiger partial charge in [0.2, 0.25) is 5.91 Å². The number of rotatable bonds is 14. The lowest BCUT2D eigenvalue weighted by Gasteiger charge is -2.05. The second-order valence-corrected chi connectivity index (χ2v) is 10.0. The van der Waals surface area contributed by atoms with Gasteiger partial charge >= 0.3 is 5.97 Å². The smallest absolute Gasteiger partial charge is 0.328 e. The monoisotopic (exact) mass is 578 g/mol. The molecule has 0 bridgehead atoms. The Morgan fingerprint density at radius 2 is 1.51 bits per heavy atom. The van der Waals surface area contributed by atoms with Crippen molar-refractivity contribution in [2.24, 2.45) is 0 Å². The van der Waals surface area contributed by atoms with Crippen LogP contribution in [0.15, 0.2) is 84.9 Å². The number of para-hydroxylation sites is 1. The van der Waals surface area contributed by atoms with Gasteiger partial charge in [0, 0.05) is 35.9 Å². The van der Waals surface area contributed by atoms with Gasteiger partial charge in [-0.2, -0.15) is 0 Å². The van der Waals surface area contributed by atoms with Gasteiger partial charge in [-0.25, -0.2) is 9.78 Å². The van der Waals surface area contributed by atoms with Crippen LogP contribution in [-0.4, -0.2) is 38.4 Å². The number of nitrogens with zero attached hydrogens (tertiary/aromatic N) is 2. The van der Waals surface area contributed by atoms with E-state index in [1.54, 1.807) is 36.4 Å². The van der Waals surface area contributed by atoms with Crippen molar-refractivity contribution in [1.82, 2.24) is 15.3 Å². The van der Waals surface area contributed by atoms with Crippen LogP contribution < -0.4 is 5.32 Å². The third kappa shape index (κ3) is 8.59. The molecule has 0 radical (unpaired) electrons. The molecule has 1 heterocycles. The van der Waals surface area contributed by atoms with Gasteiger partial charge in [-0.1, -0.05) is 93.3 Å². The summed E-state index contributed by atoms with van der Waals surface area (Å²) in [5.74, 6) is -0.821. The van der Waals surface area contributed by atoms with Crippen LogP contribution in [0.4, 0.5) is 5.69 Å². The van der Waals surface area contributed by atoms with Crippen molar-refractivity contribution in [2.75, 3.05) is 6.54 Å². The highest BCUT2D eigenvalue weighted by Crippen LogP contribution is 2.36. The first-order valence-corrected chi connectivity index (χ1v) is 14.3. The molecule has 9 heteroatoms. The predicted molar refractivity (Wildman–Crippen MR) is 169 cm³/mol. The van der Waals surface area contributed by atoms with E-state index in [-0.39, 0.29) is 11.6 Å². The molecule has 4 aromatic rings. The number of carbonyl (C=O) groups excluding carboxylic acids is 1. The lowest BCUT2D eigenvalue weighted by atomic mass is 10.0. The molecule has 3 aromatic carbocycles. The summed E-state index contributed by atoms with van der Waals surface area (Å²) in [5.41, 5.74) is 4.65. The van der Waals surface area contributed by atoms with Gasteiger partial charge in [0.05, 0.1) is 21.9 Å². The number of hydrogen-bond donors (Lipinski definition) is 3. The van der Waals surface area contributed by atoms with Crippen molar-refractivity contribution in [2.45, 2.75) is 39.0 Å². The number of benzene rings is 3. The first-order chi connectivity index (χ1) is 20.9. The van der Waals surface area contributed by atoms with Crippen LogP contribution in [0.1, 0.15) is 50.2 Å². The fraction of sp³-hybridized carbons (Fsp3) is 0.206. The second kappa shape index (κ2) is 15.1. The topological polar surface area (TPSA) is 138 Å². The quantitative estimate of drug-likeness (QED) is 0.0612. The van der Waals surface area contributed by atoms with Gasteiger partial charge in [0.15, 0.2) is 0 Å². The SMILES string of the molecule is CCCCCCCNC(=O)/C=C/c1ccc(-c2nc(-c3ccccc3[N+](=O)[O-])[nH]c2-c2ccc(/C=C/C(=O)O)cc2)cc1. The third-order valence-corrected chi connectivity index (χ3v) is 6.87. The molecule has 0 unspecified atom stereocenters. The van der Waals surface area contributed by atoms with Crippen molar-refractivity contribution < 1.29 is 19.6 Å². The van der Waals surface area contributed by atoms with Crippen LogP contribution in [0.2, 0.25) is 0 Å². The molecular weight excluding hydrogens is 544 g/mol. The number of H-pyrrole nitrogens is 1. The number of nitro benzene ring substituents is 1. The minimum Gasteiger partial charge on any atom is -0.478 e. The number of amides is 1. The average Bonchev–Trinajstić information content (AvgIpc) is 3.46. The zero-order chi connectivity index (χ0) is 30.6. The van der Waals surface area contributed by atoms with Crippen LogP contribution >= 0.6 is 0 Å². The standard InChI is InChI=1S/C34H34N4O5/c1-2-3-4-5-8-23-35-30(39)21-15-24-11-17-26(18-12-24)32-33(27-19-13-25(14-20-27)16-22-31(40)41)37-34(36-32)28-9-6-7-10-29(28)38(42)43/h6-7,9-22H,2-5,8,23H2,1H3,(H,35,39)(H,36,37)(H,40,41)/b21-15+,22-16+. The molecule has 0 fully saturated rings. The largest absolute Gasteiger partial charge is 0.478 e. The number of nitrogens with one attached hydrogen (secondary N) is 2. The summed E-state index contributed by atoms with van der Waals surface area (Å²) in [6.45, 7) is 2.83. The number of carboxylic acid groups (broad SMARTS) is 1. The first-order valence-electron chi connectivity index (χ1n) is 14.3. The Balaban J connectivity index is 1.59. The van der Waals surface area contributed by atoms with Crippen LogP contribution in [-0.2, 0) is 9.59 Å². The normalized spacial score (nSPS) is 11.3. The summed E-state index contributed by atoms with van der Waals surface area (Å²) in [6.07, 6.45) is 11.5. The average molecular weight is 579 g/mol. The summed E-state index contributed by atoms with van der Waals surface area (Å²) in [4.78, 5) is 42.4. The maximum atomic E-state index is 12.2. The van der Waals surface area contributed by atoms with E-state index in [2.05, 4.69) is 17.2 Å². The highest BCUT2D eigenvalue weighted by atomic mass is 16.6. The van der Waals surface area contributed by atoms with Gasteiger partial charge in [0.25, 0.3) is 5.69 Å². The summed E-state index contributed by atoms with van der Waals surface area (Å²) >= 11 is 0. The van der Waals surface area contributed by atoms with E-state index in [0.29, 0.717) is 34.9 Å². The van der Waals surface area contributed by atoms with Crippen molar-refractivity contribution in [3.8, 4) is 33.9 Å². The maximum absolute atomic E-state index is 12.2. The number of aliphatic carboxylic acids is 1. The van der Waals surface area contributed by atoms with Gasteiger partial charge in [-0.3, -0.25) is 14.9 Å². The molecule has 0 spiro atoms. The molecule has 3 N–H and O–H groups in total. The molecule has 0 saturated carbocycles. The molecule has 220 valence electrons. The number of aromatic nitrogens is 2. The minimum absolute atomic E-state index is 0.0665. The summed E-state index contributed by atoms with van der Waals surface area (Å²) in [6, 6.07) is 21.2. The van der Waals surface area contributed by atoms with E-state index >= 15 is 0 Å². The van der Waals surface area contributed by atoms with E-state index in [1.165, 1.54) is 37.5 Å². The number of aromatic amines is 1. The van der Waals surface area contributed by atoms with Crippen molar-refractivity contribution in [1.29, 1.82) is 0 Å². The van der Waals surface area contributed by atoms with E-state index < -0.39 is 10.9 Å². The third-order valence-electron chi connectivity index (χ3n) is 6.87.